The first kappa shape index (κ1) is 9.10. The van der Waals surface area contributed by atoms with Crippen LogP contribution < -0.4 is 5.46 Å². The zero-order valence-electron chi connectivity index (χ0n) is 6.24. The van der Waals surface area contributed by atoms with E-state index < -0.39 is 17.6 Å². The average molecular weight is 176 g/mol. The van der Waals surface area contributed by atoms with Gasteiger partial charge in [-0.15, -0.1) is 0 Å². The second kappa shape index (κ2) is 2.81. The molecule has 0 heterocycles. The smallest absolute Gasteiger partial charge is 0.207 e. The van der Waals surface area contributed by atoms with Crippen molar-refractivity contribution in [1.82, 2.24) is 0 Å². The van der Waals surface area contributed by atoms with Crippen LogP contribution in [0.5, 0.6) is 0 Å². The van der Waals surface area contributed by atoms with Crippen LogP contribution >= 0.6 is 0 Å². The SMILES string of the molecule is Bc1cccc(C(F)(F)F)c1F. The molecule has 1 aromatic carbocycles. The maximum absolute atomic E-state index is 12.8. The van der Waals surface area contributed by atoms with E-state index >= 15 is 0 Å². The quantitative estimate of drug-likeness (QED) is 0.410. The molecule has 0 aliphatic rings. The van der Waals surface area contributed by atoms with Crippen LogP contribution in [0.15, 0.2) is 18.2 Å². The van der Waals surface area contributed by atoms with Gasteiger partial charge in [0, 0.05) is 0 Å². The zero-order chi connectivity index (χ0) is 9.35. The average Bonchev–Trinajstić information content (AvgIpc) is 1.92. The Morgan fingerprint density at radius 3 is 2.17 bits per heavy atom. The number of hydrogen-bond acceptors (Lipinski definition) is 0. The van der Waals surface area contributed by atoms with Crippen molar-refractivity contribution in [1.29, 1.82) is 0 Å². The third-order valence-corrected chi connectivity index (χ3v) is 1.50. The summed E-state index contributed by atoms with van der Waals surface area (Å²) in [6.45, 7) is 0. The van der Waals surface area contributed by atoms with Gasteiger partial charge < -0.3 is 0 Å². The molecule has 0 atom stereocenters. The molecule has 0 nitrogen and oxygen atoms in total. The molecule has 0 saturated carbocycles. The van der Waals surface area contributed by atoms with E-state index in [1.165, 1.54) is 20.0 Å². The van der Waals surface area contributed by atoms with E-state index in [1.807, 2.05) is 0 Å². The molecule has 1 aromatic rings. The lowest BCUT2D eigenvalue weighted by atomic mass is 9.93. The maximum atomic E-state index is 12.8. The van der Waals surface area contributed by atoms with Gasteiger partial charge >= 0.3 is 6.18 Å². The molecule has 0 fully saturated rings. The predicted molar refractivity (Wildman–Crippen MR) is 39.6 cm³/mol. The topological polar surface area (TPSA) is 0 Å². The molecule has 0 unspecified atom stereocenters. The summed E-state index contributed by atoms with van der Waals surface area (Å²) in [7, 11) is 1.30. The predicted octanol–water partition coefficient (Wildman–Crippen LogP) is 1.10. The first-order valence-electron chi connectivity index (χ1n) is 3.25. The van der Waals surface area contributed by atoms with E-state index in [4.69, 9.17) is 0 Å². The van der Waals surface area contributed by atoms with Crippen molar-refractivity contribution in [2.45, 2.75) is 6.18 Å². The van der Waals surface area contributed by atoms with Crippen molar-refractivity contribution in [2.75, 3.05) is 0 Å². The van der Waals surface area contributed by atoms with Crippen LogP contribution in [0.4, 0.5) is 17.6 Å². The highest BCUT2D eigenvalue weighted by atomic mass is 19.4. The minimum Gasteiger partial charge on any atom is -0.207 e. The van der Waals surface area contributed by atoms with Crippen molar-refractivity contribution in [2.24, 2.45) is 0 Å². The Bertz CT molecular complexity index is 292. The fourth-order valence-corrected chi connectivity index (χ4v) is 0.866. The molecular weight excluding hydrogens is 171 g/mol. The van der Waals surface area contributed by atoms with Crippen LogP contribution in [0.3, 0.4) is 0 Å². The van der Waals surface area contributed by atoms with E-state index in [0.29, 0.717) is 0 Å². The van der Waals surface area contributed by atoms with E-state index in [1.54, 1.807) is 0 Å². The fraction of sp³-hybridized carbons (Fsp3) is 0.143. The molecular formula is C7H5BF4. The van der Waals surface area contributed by atoms with Crippen LogP contribution in [-0.4, -0.2) is 7.85 Å². The number of benzene rings is 1. The first-order chi connectivity index (χ1) is 5.43. The van der Waals surface area contributed by atoms with E-state index in [-0.39, 0.29) is 5.46 Å². The highest BCUT2D eigenvalue weighted by Crippen LogP contribution is 2.30. The Labute approximate surface area is 67.6 Å². The summed E-state index contributed by atoms with van der Waals surface area (Å²) in [5.74, 6) is -1.19. The van der Waals surface area contributed by atoms with Crippen LogP contribution in [0.25, 0.3) is 0 Å². The Balaban J connectivity index is 3.26. The van der Waals surface area contributed by atoms with Gasteiger partial charge in [0.05, 0.1) is 5.56 Å². The van der Waals surface area contributed by atoms with Gasteiger partial charge in [-0.05, 0) is 6.07 Å². The molecule has 0 aliphatic carbocycles. The van der Waals surface area contributed by atoms with Crippen LogP contribution in [0.2, 0.25) is 0 Å². The minimum absolute atomic E-state index is 0.00447. The van der Waals surface area contributed by atoms with Gasteiger partial charge in [0.25, 0.3) is 0 Å². The summed E-state index contributed by atoms with van der Waals surface area (Å²) < 4.78 is 48.7. The van der Waals surface area contributed by atoms with Gasteiger partial charge in [-0.1, -0.05) is 17.6 Å². The van der Waals surface area contributed by atoms with Crippen LogP contribution in [0, 0.1) is 5.82 Å². The van der Waals surface area contributed by atoms with Crippen molar-refractivity contribution in [3.05, 3.63) is 29.6 Å². The number of hydrogen-bond donors (Lipinski definition) is 0. The Morgan fingerprint density at radius 1 is 1.17 bits per heavy atom. The van der Waals surface area contributed by atoms with E-state index in [2.05, 4.69) is 0 Å². The van der Waals surface area contributed by atoms with Gasteiger partial charge in [-0.3, -0.25) is 0 Å². The molecule has 0 bridgehead atoms. The monoisotopic (exact) mass is 176 g/mol. The van der Waals surface area contributed by atoms with E-state index in [9.17, 15) is 17.6 Å². The number of halogens is 4. The second-order valence-corrected chi connectivity index (χ2v) is 2.43. The molecule has 12 heavy (non-hydrogen) atoms. The molecule has 0 radical (unpaired) electrons. The molecule has 0 N–H and O–H groups in total. The van der Waals surface area contributed by atoms with Crippen molar-refractivity contribution >= 4 is 13.3 Å². The minimum atomic E-state index is -4.60. The fourth-order valence-electron chi connectivity index (χ4n) is 0.866. The zero-order valence-corrected chi connectivity index (χ0v) is 6.24. The molecule has 5 heteroatoms. The third-order valence-electron chi connectivity index (χ3n) is 1.50. The Hall–Kier alpha value is -0.995. The standard InChI is InChI=1S/C7H5BF4/c8-5-3-1-2-4(6(5)9)7(10,11)12/h1-3H,8H2. The first-order valence-corrected chi connectivity index (χ1v) is 3.25. The molecule has 0 saturated heterocycles. The van der Waals surface area contributed by atoms with Crippen LogP contribution in [0.1, 0.15) is 5.56 Å². The Morgan fingerprint density at radius 2 is 1.75 bits per heavy atom. The van der Waals surface area contributed by atoms with E-state index in [0.717, 1.165) is 6.07 Å². The molecule has 0 spiro atoms. The summed E-state index contributed by atoms with van der Waals surface area (Å²) in [5.41, 5.74) is -1.20. The third kappa shape index (κ3) is 1.60. The van der Waals surface area contributed by atoms with Crippen molar-refractivity contribution < 1.29 is 17.6 Å². The molecule has 0 aliphatic heterocycles. The molecule has 0 aromatic heterocycles. The summed E-state index contributed by atoms with van der Waals surface area (Å²) in [6.07, 6.45) is -4.60. The summed E-state index contributed by atoms with van der Waals surface area (Å²) >= 11 is 0. The largest absolute Gasteiger partial charge is 0.419 e. The summed E-state index contributed by atoms with van der Waals surface area (Å²) in [4.78, 5) is 0. The lowest BCUT2D eigenvalue weighted by molar-refractivity contribution is -0.139. The summed E-state index contributed by atoms with van der Waals surface area (Å²) in [5, 5.41) is 0. The highest BCUT2D eigenvalue weighted by Gasteiger charge is 2.33. The van der Waals surface area contributed by atoms with Gasteiger partial charge in [-0.2, -0.15) is 13.2 Å². The van der Waals surface area contributed by atoms with Crippen LogP contribution in [-0.2, 0) is 6.18 Å². The lowest BCUT2D eigenvalue weighted by Crippen LogP contribution is -2.17. The van der Waals surface area contributed by atoms with Gasteiger partial charge in [0.15, 0.2) is 0 Å². The normalized spacial score (nSPS) is 11.7. The van der Waals surface area contributed by atoms with Crippen molar-refractivity contribution in [3.8, 4) is 0 Å². The molecule has 0 amide bonds. The molecule has 64 valence electrons. The van der Waals surface area contributed by atoms with Gasteiger partial charge in [0.1, 0.15) is 13.7 Å². The number of rotatable bonds is 0. The number of alkyl halides is 3. The van der Waals surface area contributed by atoms with Gasteiger partial charge in [0.2, 0.25) is 0 Å². The second-order valence-electron chi connectivity index (χ2n) is 2.43. The Kier molecular flexibility index (Phi) is 2.13. The summed E-state index contributed by atoms with van der Waals surface area (Å²) in [6, 6.07) is 3.20. The van der Waals surface area contributed by atoms with Gasteiger partial charge in [-0.25, -0.2) is 4.39 Å². The van der Waals surface area contributed by atoms with Crippen molar-refractivity contribution in [3.63, 3.8) is 0 Å². The highest BCUT2D eigenvalue weighted by molar-refractivity contribution is 6.32. The maximum Gasteiger partial charge on any atom is 0.419 e. The lowest BCUT2D eigenvalue weighted by Gasteiger charge is -2.08. The molecule has 1 rings (SSSR count).